The Morgan fingerprint density at radius 1 is 1.46 bits per heavy atom. The van der Waals surface area contributed by atoms with Crippen molar-refractivity contribution in [1.82, 2.24) is 9.80 Å². The van der Waals surface area contributed by atoms with Gasteiger partial charge < -0.3 is 10.0 Å². The zero-order valence-corrected chi connectivity index (χ0v) is 16.0. The van der Waals surface area contributed by atoms with Gasteiger partial charge in [-0.1, -0.05) is 18.6 Å². The van der Waals surface area contributed by atoms with Gasteiger partial charge in [0.15, 0.2) is 0 Å². The molecule has 1 aromatic carbocycles. The van der Waals surface area contributed by atoms with Crippen LogP contribution in [0.1, 0.15) is 31.7 Å². The van der Waals surface area contributed by atoms with Crippen molar-refractivity contribution in [2.75, 3.05) is 20.1 Å². The standard InChI is InChI=1S/C19H25FN2O3.ClH/c1-13(17(23)21(2)10-14-5-3-7-16(20)9-14)22-11-15-6-4-8-19(15,12-22)18(24)25;/h3,5,7,9,13,15H,4,6,8,10-12H2,1-2H3,(H,24,25);1H/t13?,15-,19+;/m0./s1. The maximum atomic E-state index is 13.3. The van der Waals surface area contributed by atoms with Gasteiger partial charge in [-0.05, 0) is 43.4 Å². The number of likely N-dealkylation sites (tertiary alicyclic amines) is 1. The first-order valence-corrected chi connectivity index (χ1v) is 8.80. The van der Waals surface area contributed by atoms with E-state index >= 15 is 0 Å². The fourth-order valence-electron chi connectivity index (χ4n) is 4.44. The maximum absolute atomic E-state index is 13.3. The summed E-state index contributed by atoms with van der Waals surface area (Å²) in [6, 6.07) is 5.85. The molecule has 1 N–H and O–H groups in total. The molecule has 1 amide bonds. The van der Waals surface area contributed by atoms with Crippen LogP contribution in [0.15, 0.2) is 24.3 Å². The molecular formula is C19H26ClFN2O3. The number of fused-ring (bicyclic) bond motifs is 1. The molecule has 144 valence electrons. The highest BCUT2D eigenvalue weighted by molar-refractivity contribution is 5.85. The van der Waals surface area contributed by atoms with Gasteiger partial charge in [0.2, 0.25) is 5.91 Å². The van der Waals surface area contributed by atoms with Crippen LogP contribution in [0.3, 0.4) is 0 Å². The summed E-state index contributed by atoms with van der Waals surface area (Å²) in [7, 11) is 1.70. The molecule has 5 nitrogen and oxygen atoms in total. The molecular weight excluding hydrogens is 359 g/mol. The number of carboxylic acids is 1. The van der Waals surface area contributed by atoms with E-state index in [1.165, 1.54) is 12.1 Å². The van der Waals surface area contributed by atoms with Gasteiger partial charge in [-0.2, -0.15) is 0 Å². The Bertz CT molecular complexity index is 687. The summed E-state index contributed by atoms with van der Waals surface area (Å²) >= 11 is 0. The summed E-state index contributed by atoms with van der Waals surface area (Å²) in [6.07, 6.45) is 2.57. The van der Waals surface area contributed by atoms with Gasteiger partial charge >= 0.3 is 5.97 Å². The summed E-state index contributed by atoms with van der Waals surface area (Å²) < 4.78 is 13.3. The average molecular weight is 385 g/mol. The van der Waals surface area contributed by atoms with E-state index in [9.17, 15) is 19.1 Å². The molecule has 1 aliphatic carbocycles. The van der Waals surface area contributed by atoms with Crippen molar-refractivity contribution in [1.29, 1.82) is 0 Å². The number of hydrogen-bond donors (Lipinski definition) is 1. The van der Waals surface area contributed by atoms with E-state index in [2.05, 4.69) is 0 Å². The Morgan fingerprint density at radius 2 is 2.19 bits per heavy atom. The molecule has 0 aromatic heterocycles. The molecule has 7 heteroatoms. The lowest BCUT2D eigenvalue weighted by Crippen LogP contribution is -2.46. The van der Waals surface area contributed by atoms with Gasteiger partial charge in [-0.3, -0.25) is 14.5 Å². The number of carbonyl (C=O) groups is 2. The van der Waals surface area contributed by atoms with Gasteiger partial charge in [0.1, 0.15) is 5.82 Å². The fraction of sp³-hybridized carbons (Fsp3) is 0.579. The van der Waals surface area contributed by atoms with E-state index in [4.69, 9.17) is 0 Å². The number of rotatable bonds is 5. The molecule has 1 unspecified atom stereocenters. The predicted octanol–water partition coefficient (Wildman–Crippen LogP) is 2.78. The van der Waals surface area contributed by atoms with Crippen molar-refractivity contribution in [3.8, 4) is 0 Å². The van der Waals surface area contributed by atoms with Gasteiger partial charge in [0, 0.05) is 26.7 Å². The molecule has 1 heterocycles. The largest absolute Gasteiger partial charge is 0.481 e. The van der Waals surface area contributed by atoms with E-state index < -0.39 is 11.4 Å². The van der Waals surface area contributed by atoms with E-state index in [-0.39, 0.29) is 36.1 Å². The van der Waals surface area contributed by atoms with Crippen molar-refractivity contribution in [2.24, 2.45) is 11.3 Å². The molecule has 1 saturated carbocycles. The second kappa shape index (κ2) is 7.92. The Labute approximate surface area is 159 Å². The summed E-state index contributed by atoms with van der Waals surface area (Å²) in [4.78, 5) is 28.1. The van der Waals surface area contributed by atoms with Gasteiger partial charge in [-0.25, -0.2) is 4.39 Å². The smallest absolute Gasteiger partial charge is 0.311 e. The summed E-state index contributed by atoms with van der Waals surface area (Å²) in [6.45, 7) is 3.27. The summed E-state index contributed by atoms with van der Waals surface area (Å²) in [5.41, 5.74) is 0.0544. The first-order valence-electron chi connectivity index (χ1n) is 8.80. The molecule has 1 saturated heterocycles. The Morgan fingerprint density at radius 3 is 2.81 bits per heavy atom. The third-order valence-electron chi connectivity index (χ3n) is 5.91. The molecule has 0 radical (unpaired) electrons. The number of likely N-dealkylation sites (N-methyl/N-ethyl adjacent to an activating group) is 1. The van der Waals surface area contributed by atoms with E-state index in [0.717, 1.165) is 18.4 Å². The highest BCUT2D eigenvalue weighted by Gasteiger charge is 2.55. The molecule has 2 aliphatic rings. The van der Waals surface area contributed by atoms with Crippen molar-refractivity contribution in [3.05, 3.63) is 35.6 Å². The molecule has 0 bridgehead atoms. The lowest BCUT2D eigenvalue weighted by Gasteiger charge is -2.29. The quantitative estimate of drug-likeness (QED) is 0.848. The summed E-state index contributed by atoms with van der Waals surface area (Å²) in [5, 5.41) is 9.68. The Hall–Kier alpha value is -1.66. The Balaban J connectivity index is 0.00000243. The van der Waals surface area contributed by atoms with Crippen LogP contribution in [0.4, 0.5) is 4.39 Å². The molecule has 0 spiro atoms. The van der Waals surface area contributed by atoms with E-state index in [1.54, 1.807) is 24.1 Å². The van der Waals surface area contributed by atoms with Crippen LogP contribution in [0.2, 0.25) is 0 Å². The second-order valence-electron chi connectivity index (χ2n) is 7.48. The van der Waals surface area contributed by atoms with Gasteiger partial charge in [0.25, 0.3) is 0 Å². The van der Waals surface area contributed by atoms with Crippen LogP contribution in [0.25, 0.3) is 0 Å². The molecule has 3 rings (SSSR count). The number of hydrogen-bond acceptors (Lipinski definition) is 3. The van der Waals surface area contributed by atoms with Crippen LogP contribution in [0.5, 0.6) is 0 Å². The molecule has 26 heavy (non-hydrogen) atoms. The lowest BCUT2D eigenvalue weighted by atomic mass is 9.81. The summed E-state index contributed by atoms with van der Waals surface area (Å²) in [5.74, 6) is -0.981. The van der Waals surface area contributed by atoms with Crippen LogP contribution in [-0.4, -0.2) is 53.0 Å². The average Bonchev–Trinajstić information content (AvgIpc) is 3.11. The van der Waals surface area contributed by atoms with E-state index in [1.807, 2.05) is 11.8 Å². The van der Waals surface area contributed by atoms with Crippen LogP contribution in [0, 0.1) is 17.2 Å². The van der Waals surface area contributed by atoms with Crippen molar-refractivity contribution in [3.63, 3.8) is 0 Å². The molecule has 1 aliphatic heterocycles. The monoisotopic (exact) mass is 384 g/mol. The van der Waals surface area contributed by atoms with Crippen molar-refractivity contribution < 1.29 is 19.1 Å². The second-order valence-corrected chi connectivity index (χ2v) is 7.48. The van der Waals surface area contributed by atoms with Gasteiger partial charge in [0.05, 0.1) is 11.5 Å². The maximum Gasteiger partial charge on any atom is 0.311 e. The zero-order valence-electron chi connectivity index (χ0n) is 15.2. The first kappa shape index (κ1) is 20.6. The topological polar surface area (TPSA) is 60.9 Å². The van der Waals surface area contributed by atoms with Crippen molar-refractivity contribution in [2.45, 2.75) is 38.8 Å². The minimum absolute atomic E-state index is 0. The minimum atomic E-state index is -0.731. The first-order chi connectivity index (χ1) is 11.8. The number of amides is 1. The number of carbonyl (C=O) groups excluding carboxylic acids is 1. The van der Waals surface area contributed by atoms with Crippen LogP contribution >= 0.6 is 12.4 Å². The SMILES string of the molecule is CC(C(=O)N(C)Cc1cccc(F)c1)N1C[C@@H]2CCC[C@@]2(C(=O)O)C1.Cl. The van der Waals surface area contributed by atoms with Crippen LogP contribution < -0.4 is 0 Å². The zero-order chi connectivity index (χ0) is 18.2. The van der Waals surface area contributed by atoms with Crippen LogP contribution in [-0.2, 0) is 16.1 Å². The number of nitrogens with zero attached hydrogens (tertiary/aromatic N) is 2. The Kier molecular flexibility index (Phi) is 6.29. The normalized spacial score (nSPS) is 26.0. The highest BCUT2D eigenvalue weighted by Crippen LogP contribution is 2.49. The van der Waals surface area contributed by atoms with E-state index in [0.29, 0.717) is 26.1 Å². The molecule has 3 atom stereocenters. The number of carboxylic acid groups (broad SMARTS) is 1. The lowest BCUT2D eigenvalue weighted by molar-refractivity contribution is -0.150. The minimum Gasteiger partial charge on any atom is -0.481 e. The highest BCUT2D eigenvalue weighted by atomic mass is 35.5. The fourth-order valence-corrected chi connectivity index (χ4v) is 4.44. The van der Waals surface area contributed by atoms with Gasteiger partial charge in [-0.15, -0.1) is 12.4 Å². The number of benzene rings is 1. The van der Waals surface area contributed by atoms with Crippen molar-refractivity contribution >= 4 is 24.3 Å². The third-order valence-corrected chi connectivity index (χ3v) is 5.91. The predicted molar refractivity (Wildman–Crippen MR) is 98.6 cm³/mol. The molecule has 1 aromatic rings. The third kappa shape index (κ3) is 3.71. The molecule has 2 fully saturated rings. The number of aliphatic carboxylic acids is 1. The number of halogens is 2.